The summed E-state index contributed by atoms with van der Waals surface area (Å²) in [6, 6.07) is 18.1. The number of nitriles is 1. The topological polar surface area (TPSA) is 94.3 Å². The molecule has 37 heavy (non-hydrogen) atoms. The maximum atomic E-state index is 14.5. The number of hydrogen-bond donors (Lipinski definition) is 2. The summed E-state index contributed by atoms with van der Waals surface area (Å²) in [5, 5.41) is 33.6. The van der Waals surface area contributed by atoms with Gasteiger partial charge in [0.05, 0.1) is 29.5 Å². The normalized spacial score (nSPS) is 19.4. The van der Waals surface area contributed by atoms with Crippen LogP contribution in [0, 0.1) is 24.1 Å². The molecule has 2 aliphatic rings. The van der Waals surface area contributed by atoms with Crippen LogP contribution in [0.3, 0.4) is 0 Å². The third-order valence-corrected chi connectivity index (χ3v) is 7.23. The molecule has 186 valence electrons. The van der Waals surface area contributed by atoms with E-state index in [1.54, 1.807) is 18.2 Å². The minimum Gasteiger partial charge on any atom is -0.506 e. The van der Waals surface area contributed by atoms with Crippen molar-refractivity contribution < 1.29 is 14.2 Å². The zero-order valence-corrected chi connectivity index (χ0v) is 20.4. The first kappa shape index (κ1) is 23.3. The number of nitrogens with one attached hydrogen (secondary N) is 1. The van der Waals surface area contributed by atoms with Crippen LogP contribution in [-0.2, 0) is 4.74 Å². The van der Waals surface area contributed by atoms with E-state index in [2.05, 4.69) is 20.4 Å². The first-order valence-electron chi connectivity index (χ1n) is 12.4. The summed E-state index contributed by atoms with van der Waals surface area (Å²) < 4.78 is 20.6. The molecule has 0 aliphatic carbocycles. The maximum Gasteiger partial charge on any atom is 0.141 e. The summed E-state index contributed by atoms with van der Waals surface area (Å²) in [4.78, 5) is 2.26. The Kier molecular flexibility index (Phi) is 5.95. The molecular formula is C29H26FN5O2. The highest BCUT2D eigenvalue weighted by atomic mass is 19.1. The number of piperidine rings is 1. The first-order valence-corrected chi connectivity index (χ1v) is 12.4. The number of morpholine rings is 1. The molecule has 2 saturated heterocycles. The SMILES string of the molecule is Cc1cc(F)cc(-c2nnc3ccc(-c4cccc(C#N)c4O)cc3c2N2CCC3NCCOC3C2)c1. The second-order valence-electron chi connectivity index (χ2n) is 9.66. The number of ether oxygens (including phenoxy) is 1. The van der Waals surface area contributed by atoms with Crippen LogP contribution in [0.15, 0.2) is 54.6 Å². The van der Waals surface area contributed by atoms with Gasteiger partial charge in [0.1, 0.15) is 23.3 Å². The largest absolute Gasteiger partial charge is 0.506 e. The minimum atomic E-state index is -0.326. The fourth-order valence-electron chi connectivity index (χ4n) is 5.49. The Bertz CT molecular complexity index is 1530. The van der Waals surface area contributed by atoms with E-state index >= 15 is 0 Å². The number of benzene rings is 3. The number of halogens is 1. The van der Waals surface area contributed by atoms with Crippen LogP contribution < -0.4 is 10.2 Å². The van der Waals surface area contributed by atoms with Gasteiger partial charge in [-0.15, -0.1) is 10.2 Å². The quantitative estimate of drug-likeness (QED) is 0.430. The number of aromatic nitrogens is 2. The zero-order chi connectivity index (χ0) is 25.5. The van der Waals surface area contributed by atoms with E-state index in [9.17, 15) is 14.8 Å². The third kappa shape index (κ3) is 4.26. The fraction of sp³-hybridized carbons (Fsp3) is 0.276. The van der Waals surface area contributed by atoms with E-state index in [1.165, 1.54) is 12.1 Å². The van der Waals surface area contributed by atoms with E-state index in [-0.39, 0.29) is 23.2 Å². The molecule has 2 aliphatic heterocycles. The van der Waals surface area contributed by atoms with Crippen LogP contribution in [0.25, 0.3) is 33.3 Å². The molecule has 2 unspecified atom stereocenters. The van der Waals surface area contributed by atoms with E-state index in [0.717, 1.165) is 41.7 Å². The van der Waals surface area contributed by atoms with Crippen LogP contribution in [0.1, 0.15) is 17.5 Å². The van der Waals surface area contributed by atoms with Crippen LogP contribution in [-0.4, -0.2) is 53.7 Å². The highest BCUT2D eigenvalue weighted by Crippen LogP contribution is 2.40. The van der Waals surface area contributed by atoms with Gasteiger partial charge in [-0.1, -0.05) is 18.2 Å². The standard InChI is InChI=1S/C29H26FN5O2/c1-17-11-20(13-21(30)12-17)27-28(35-9-7-25-26(16-35)37-10-8-32-25)23-14-18(5-6-24(23)33-34-27)22-4-2-3-19(15-31)29(22)36/h2-6,11-14,25-26,32,36H,7-10,16H2,1H3. The molecule has 3 heterocycles. The Morgan fingerprint density at radius 3 is 2.86 bits per heavy atom. The summed E-state index contributed by atoms with van der Waals surface area (Å²) in [6.45, 7) is 4.82. The van der Waals surface area contributed by atoms with Crippen molar-refractivity contribution in [3.63, 3.8) is 0 Å². The Morgan fingerprint density at radius 1 is 1.14 bits per heavy atom. The van der Waals surface area contributed by atoms with Gasteiger partial charge in [-0.2, -0.15) is 5.26 Å². The molecule has 0 amide bonds. The number of phenolic OH excluding ortho intramolecular Hbond substituents is 1. The number of fused-ring (bicyclic) bond motifs is 2. The fourth-order valence-corrected chi connectivity index (χ4v) is 5.49. The summed E-state index contributed by atoms with van der Waals surface area (Å²) in [5.74, 6) is -0.384. The molecule has 0 bridgehead atoms. The number of phenols is 1. The van der Waals surface area contributed by atoms with Gasteiger partial charge in [0.25, 0.3) is 0 Å². The lowest BCUT2D eigenvalue weighted by atomic mass is 9.95. The van der Waals surface area contributed by atoms with Crippen LogP contribution in [0.5, 0.6) is 5.75 Å². The molecule has 0 saturated carbocycles. The second kappa shape index (κ2) is 9.43. The molecule has 7 nitrogen and oxygen atoms in total. The lowest BCUT2D eigenvalue weighted by molar-refractivity contribution is -0.00897. The maximum absolute atomic E-state index is 14.5. The highest BCUT2D eigenvalue weighted by Gasteiger charge is 2.34. The molecule has 0 spiro atoms. The van der Waals surface area contributed by atoms with Gasteiger partial charge < -0.3 is 20.1 Å². The number of aryl methyl sites for hydroxylation is 1. The molecule has 1 aromatic heterocycles. The number of hydrogen-bond acceptors (Lipinski definition) is 7. The van der Waals surface area contributed by atoms with Crippen molar-refractivity contribution in [1.29, 1.82) is 5.26 Å². The Hall–Kier alpha value is -4.06. The Morgan fingerprint density at radius 2 is 2.03 bits per heavy atom. The summed E-state index contributed by atoms with van der Waals surface area (Å²) in [7, 11) is 0. The average Bonchev–Trinajstić information content (AvgIpc) is 2.91. The molecular weight excluding hydrogens is 469 g/mol. The molecule has 6 rings (SSSR count). The van der Waals surface area contributed by atoms with E-state index in [0.29, 0.717) is 41.5 Å². The van der Waals surface area contributed by atoms with Gasteiger partial charge >= 0.3 is 0 Å². The van der Waals surface area contributed by atoms with E-state index < -0.39 is 0 Å². The van der Waals surface area contributed by atoms with Crippen molar-refractivity contribution >= 4 is 16.6 Å². The molecule has 2 N–H and O–H groups in total. The van der Waals surface area contributed by atoms with Gasteiger partial charge in [-0.05, 0) is 60.9 Å². The molecule has 8 heteroatoms. The van der Waals surface area contributed by atoms with Crippen molar-refractivity contribution in [2.75, 3.05) is 31.1 Å². The average molecular weight is 496 g/mol. The summed E-state index contributed by atoms with van der Waals surface area (Å²) in [5.41, 5.74) is 5.14. The second-order valence-corrected chi connectivity index (χ2v) is 9.66. The van der Waals surface area contributed by atoms with Crippen molar-refractivity contribution in [2.45, 2.75) is 25.5 Å². The number of para-hydroxylation sites is 1. The summed E-state index contributed by atoms with van der Waals surface area (Å²) in [6.07, 6.45) is 0.938. The van der Waals surface area contributed by atoms with Crippen molar-refractivity contribution in [3.8, 4) is 34.2 Å². The van der Waals surface area contributed by atoms with Crippen molar-refractivity contribution in [2.24, 2.45) is 0 Å². The monoisotopic (exact) mass is 495 g/mol. The molecule has 0 radical (unpaired) electrons. The highest BCUT2D eigenvalue weighted by molar-refractivity contribution is 6.00. The molecule has 2 fully saturated rings. The predicted octanol–water partition coefficient (Wildman–Crippen LogP) is 4.56. The molecule has 2 atom stereocenters. The lowest BCUT2D eigenvalue weighted by Crippen LogP contribution is -2.57. The van der Waals surface area contributed by atoms with Crippen LogP contribution in [0.4, 0.5) is 10.1 Å². The lowest BCUT2D eigenvalue weighted by Gasteiger charge is -2.43. The van der Waals surface area contributed by atoms with Crippen molar-refractivity contribution in [3.05, 3.63) is 71.5 Å². The smallest absolute Gasteiger partial charge is 0.141 e. The zero-order valence-electron chi connectivity index (χ0n) is 20.4. The number of nitrogens with zero attached hydrogens (tertiary/aromatic N) is 4. The Labute approximate surface area is 214 Å². The number of rotatable bonds is 3. The first-order chi connectivity index (χ1) is 18.0. The third-order valence-electron chi connectivity index (χ3n) is 7.23. The van der Waals surface area contributed by atoms with Gasteiger partial charge in [0.15, 0.2) is 0 Å². The molecule has 3 aromatic carbocycles. The van der Waals surface area contributed by atoms with Crippen LogP contribution >= 0.6 is 0 Å². The van der Waals surface area contributed by atoms with Gasteiger partial charge in [0, 0.05) is 42.2 Å². The van der Waals surface area contributed by atoms with Gasteiger partial charge in [-0.25, -0.2) is 4.39 Å². The number of aromatic hydroxyl groups is 1. The predicted molar refractivity (Wildman–Crippen MR) is 140 cm³/mol. The summed E-state index contributed by atoms with van der Waals surface area (Å²) >= 11 is 0. The minimum absolute atomic E-state index is 0.0346. The number of anilines is 1. The van der Waals surface area contributed by atoms with Gasteiger partial charge in [0.2, 0.25) is 0 Å². The van der Waals surface area contributed by atoms with Crippen molar-refractivity contribution in [1.82, 2.24) is 15.5 Å². The molecule has 4 aromatic rings. The van der Waals surface area contributed by atoms with Crippen LogP contribution in [0.2, 0.25) is 0 Å². The van der Waals surface area contributed by atoms with E-state index in [4.69, 9.17) is 4.74 Å². The van der Waals surface area contributed by atoms with E-state index in [1.807, 2.05) is 37.3 Å². The van der Waals surface area contributed by atoms with Gasteiger partial charge in [-0.3, -0.25) is 0 Å². The Balaban J connectivity index is 1.56.